The van der Waals surface area contributed by atoms with E-state index in [0.29, 0.717) is 16.4 Å². The molecule has 0 unspecified atom stereocenters. The molecule has 0 fully saturated rings. The minimum atomic E-state index is -3.67. The Morgan fingerprint density at radius 2 is 1.30 bits per heavy atom. The first-order valence-corrected chi connectivity index (χ1v) is 12.5. The second-order valence-electron chi connectivity index (χ2n) is 6.86. The van der Waals surface area contributed by atoms with Gasteiger partial charge >= 0.3 is 0 Å². The number of fused-ring (bicyclic) bond motifs is 2. The van der Waals surface area contributed by atoms with Crippen molar-refractivity contribution >= 4 is 64.2 Å². The number of anilines is 2. The molecule has 5 aromatic rings. The standard InChI is InChI=1S/C23H18N2O2S3/c26-30(27,23-14-17-8-2-6-12-22(17)29-23)25-20-10-4-3-9-19(20)24-15-18-13-16-7-1-5-11-21(16)28-18/h1-14,24-25H,15H2. The predicted octanol–water partition coefficient (Wildman–Crippen LogP) is 6.53. The zero-order valence-corrected chi connectivity index (χ0v) is 18.3. The maximum atomic E-state index is 13.0. The molecule has 0 amide bonds. The smallest absolute Gasteiger partial charge is 0.271 e. The third kappa shape index (κ3) is 3.79. The molecule has 2 N–H and O–H groups in total. The summed E-state index contributed by atoms with van der Waals surface area (Å²) in [6.07, 6.45) is 0. The monoisotopic (exact) mass is 450 g/mol. The molecule has 0 spiro atoms. The summed E-state index contributed by atoms with van der Waals surface area (Å²) in [7, 11) is -3.67. The largest absolute Gasteiger partial charge is 0.378 e. The van der Waals surface area contributed by atoms with Gasteiger partial charge in [-0.05, 0) is 47.2 Å². The SMILES string of the molecule is O=S(=O)(Nc1ccccc1NCc1cc2ccccc2s1)c1cc2ccccc2s1. The lowest BCUT2D eigenvalue weighted by Gasteiger charge is -2.13. The van der Waals surface area contributed by atoms with Crippen molar-refractivity contribution in [2.24, 2.45) is 0 Å². The number of rotatable bonds is 6. The Morgan fingerprint density at radius 3 is 2.00 bits per heavy atom. The fourth-order valence-corrected chi connectivity index (χ4v) is 6.80. The van der Waals surface area contributed by atoms with Crippen molar-refractivity contribution in [2.75, 3.05) is 10.0 Å². The Morgan fingerprint density at radius 1 is 0.700 bits per heavy atom. The van der Waals surface area contributed by atoms with Crippen LogP contribution in [0, 0.1) is 0 Å². The lowest BCUT2D eigenvalue weighted by atomic mass is 10.2. The van der Waals surface area contributed by atoms with Crippen molar-refractivity contribution in [2.45, 2.75) is 10.8 Å². The average molecular weight is 451 g/mol. The molecule has 3 aromatic carbocycles. The molecule has 0 bridgehead atoms. The van der Waals surface area contributed by atoms with Crippen LogP contribution in [-0.2, 0) is 16.6 Å². The lowest BCUT2D eigenvalue weighted by Crippen LogP contribution is -2.13. The molecule has 0 saturated carbocycles. The lowest BCUT2D eigenvalue weighted by molar-refractivity contribution is 0.603. The highest BCUT2D eigenvalue weighted by Gasteiger charge is 2.19. The van der Waals surface area contributed by atoms with E-state index in [2.05, 4.69) is 28.2 Å². The molecule has 0 aliphatic heterocycles. The van der Waals surface area contributed by atoms with Crippen LogP contribution in [0.3, 0.4) is 0 Å². The number of hydrogen-bond donors (Lipinski definition) is 2. The summed E-state index contributed by atoms with van der Waals surface area (Å²) >= 11 is 3.01. The van der Waals surface area contributed by atoms with E-state index < -0.39 is 10.0 Å². The van der Waals surface area contributed by atoms with E-state index in [9.17, 15) is 8.42 Å². The van der Waals surface area contributed by atoms with Gasteiger partial charge in [-0.3, -0.25) is 4.72 Å². The van der Waals surface area contributed by atoms with E-state index in [1.165, 1.54) is 26.3 Å². The minimum absolute atomic E-state index is 0.308. The van der Waals surface area contributed by atoms with Gasteiger partial charge in [0.05, 0.1) is 11.4 Å². The summed E-state index contributed by atoms with van der Waals surface area (Å²) in [6, 6.07) is 27.2. The van der Waals surface area contributed by atoms with Crippen molar-refractivity contribution in [3.8, 4) is 0 Å². The second-order valence-corrected chi connectivity index (χ2v) is 11.0. The molecule has 2 heterocycles. The van der Waals surface area contributed by atoms with Gasteiger partial charge in [0.1, 0.15) is 4.21 Å². The van der Waals surface area contributed by atoms with Gasteiger partial charge in [-0.2, -0.15) is 0 Å². The minimum Gasteiger partial charge on any atom is -0.378 e. The van der Waals surface area contributed by atoms with Crippen LogP contribution in [0.5, 0.6) is 0 Å². The molecule has 7 heteroatoms. The van der Waals surface area contributed by atoms with Crippen LogP contribution >= 0.6 is 22.7 Å². The van der Waals surface area contributed by atoms with Crippen LogP contribution in [-0.4, -0.2) is 8.42 Å². The van der Waals surface area contributed by atoms with Crippen LogP contribution in [0.2, 0.25) is 0 Å². The topological polar surface area (TPSA) is 58.2 Å². The molecule has 150 valence electrons. The Balaban J connectivity index is 1.38. The first-order valence-electron chi connectivity index (χ1n) is 9.40. The van der Waals surface area contributed by atoms with E-state index in [-0.39, 0.29) is 0 Å². The van der Waals surface area contributed by atoms with Crippen molar-refractivity contribution in [1.29, 1.82) is 0 Å². The normalized spacial score (nSPS) is 11.7. The zero-order chi connectivity index (χ0) is 20.6. The van der Waals surface area contributed by atoms with Gasteiger partial charge in [0.15, 0.2) is 0 Å². The van der Waals surface area contributed by atoms with Crippen LogP contribution in [0.15, 0.2) is 89.1 Å². The van der Waals surface area contributed by atoms with Gasteiger partial charge in [-0.25, -0.2) is 8.42 Å². The Labute approximate surface area is 182 Å². The summed E-state index contributed by atoms with van der Waals surface area (Å²) in [5, 5.41) is 5.53. The van der Waals surface area contributed by atoms with E-state index >= 15 is 0 Å². The van der Waals surface area contributed by atoms with Crippen LogP contribution in [0.4, 0.5) is 11.4 Å². The van der Waals surface area contributed by atoms with Gasteiger partial charge in [0, 0.05) is 20.8 Å². The number of benzene rings is 3. The third-order valence-corrected chi connectivity index (χ3v) is 8.84. The molecule has 0 radical (unpaired) electrons. The molecule has 0 saturated heterocycles. The van der Waals surface area contributed by atoms with Crippen molar-refractivity contribution < 1.29 is 8.42 Å². The molecule has 0 atom stereocenters. The summed E-state index contributed by atoms with van der Waals surface area (Å²) in [4.78, 5) is 1.19. The Bertz CT molecular complexity index is 1390. The van der Waals surface area contributed by atoms with Gasteiger partial charge in [-0.1, -0.05) is 48.5 Å². The molecular formula is C23H18N2O2S3. The fourth-order valence-electron chi connectivity index (χ4n) is 3.32. The summed E-state index contributed by atoms with van der Waals surface area (Å²) in [5.41, 5.74) is 1.29. The first-order chi connectivity index (χ1) is 14.6. The van der Waals surface area contributed by atoms with Crippen molar-refractivity contribution in [3.05, 3.63) is 89.8 Å². The van der Waals surface area contributed by atoms with Gasteiger partial charge in [-0.15, -0.1) is 22.7 Å². The molecule has 0 aliphatic carbocycles. The Kier molecular flexibility index (Phi) is 4.94. The fraction of sp³-hybridized carbons (Fsp3) is 0.0435. The molecule has 2 aromatic heterocycles. The number of thiophene rings is 2. The van der Waals surface area contributed by atoms with Gasteiger partial charge in [0.25, 0.3) is 10.0 Å². The van der Waals surface area contributed by atoms with Crippen LogP contribution in [0.25, 0.3) is 20.2 Å². The molecular weight excluding hydrogens is 432 g/mol. The van der Waals surface area contributed by atoms with Crippen molar-refractivity contribution in [1.82, 2.24) is 0 Å². The second kappa shape index (κ2) is 7.75. The van der Waals surface area contributed by atoms with E-state index in [1.54, 1.807) is 23.5 Å². The summed E-state index contributed by atoms with van der Waals surface area (Å²) in [6.45, 7) is 0.626. The average Bonchev–Trinajstić information content (AvgIpc) is 3.37. The van der Waals surface area contributed by atoms with Crippen molar-refractivity contribution in [3.63, 3.8) is 0 Å². The first kappa shape index (κ1) is 19.1. The highest BCUT2D eigenvalue weighted by Crippen LogP contribution is 2.32. The van der Waals surface area contributed by atoms with E-state index in [0.717, 1.165) is 15.8 Å². The Hall–Kier alpha value is -2.87. The molecule has 0 aliphatic rings. The number of nitrogens with one attached hydrogen (secondary N) is 2. The van der Waals surface area contributed by atoms with Gasteiger partial charge in [0.2, 0.25) is 0 Å². The van der Waals surface area contributed by atoms with E-state index in [4.69, 9.17) is 0 Å². The maximum absolute atomic E-state index is 13.0. The molecule has 4 nitrogen and oxygen atoms in total. The van der Waals surface area contributed by atoms with Gasteiger partial charge < -0.3 is 5.32 Å². The van der Waals surface area contributed by atoms with E-state index in [1.807, 2.05) is 54.6 Å². The maximum Gasteiger partial charge on any atom is 0.271 e. The molecule has 5 rings (SSSR count). The number of sulfonamides is 1. The predicted molar refractivity (Wildman–Crippen MR) is 128 cm³/mol. The highest BCUT2D eigenvalue weighted by molar-refractivity contribution is 7.94. The third-order valence-electron chi connectivity index (χ3n) is 4.77. The van der Waals surface area contributed by atoms with Crippen LogP contribution in [0.1, 0.15) is 4.88 Å². The highest BCUT2D eigenvalue weighted by atomic mass is 32.2. The zero-order valence-electron chi connectivity index (χ0n) is 15.8. The summed E-state index contributed by atoms with van der Waals surface area (Å²) < 4.78 is 31.2. The number of para-hydroxylation sites is 2. The molecule has 30 heavy (non-hydrogen) atoms. The summed E-state index contributed by atoms with van der Waals surface area (Å²) in [5.74, 6) is 0. The number of hydrogen-bond acceptors (Lipinski definition) is 5. The quantitative estimate of drug-likeness (QED) is 0.309. The van der Waals surface area contributed by atoms with Crippen LogP contribution < -0.4 is 10.0 Å².